The van der Waals surface area contributed by atoms with Gasteiger partial charge in [-0.2, -0.15) is 0 Å². The largest absolute Gasteiger partial charge is 0.278 e. The first kappa shape index (κ1) is 17.0. The number of nitrogens with one attached hydrogen (secondary N) is 1. The number of rotatable bonds is 4. The molecule has 0 aromatic heterocycles. The lowest BCUT2D eigenvalue weighted by molar-refractivity contribution is 0.594. The Hall–Kier alpha value is -1.40. The minimum Gasteiger partial charge on any atom is -0.278 e. The molecule has 0 aliphatic rings. The van der Waals surface area contributed by atoms with Crippen molar-refractivity contribution in [3.05, 3.63) is 57.8 Å². The minimum atomic E-state index is -3.84. The fourth-order valence-electron chi connectivity index (χ4n) is 2.04. The van der Waals surface area contributed by atoms with E-state index < -0.39 is 15.8 Å². The first-order chi connectivity index (χ1) is 10.2. The summed E-state index contributed by atoms with van der Waals surface area (Å²) in [7, 11) is -3.84. The second kappa shape index (κ2) is 6.38. The maximum Gasteiger partial charge on any atom is 0.262 e. The molecule has 0 aliphatic carbocycles. The SMILES string of the molecule is Cc1ccc(F)cc1S(=O)(=O)Nc1ccc(C(C)C)cc1Br. The van der Waals surface area contributed by atoms with Gasteiger partial charge < -0.3 is 0 Å². The second-order valence-corrected chi connectivity index (χ2v) is 7.91. The van der Waals surface area contributed by atoms with Gasteiger partial charge in [-0.05, 0) is 64.2 Å². The zero-order chi connectivity index (χ0) is 16.5. The van der Waals surface area contributed by atoms with Gasteiger partial charge in [-0.3, -0.25) is 4.72 Å². The van der Waals surface area contributed by atoms with E-state index in [1.807, 2.05) is 12.1 Å². The summed E-state index contributed by atoms with van der Waals surface area (Å²) < 4.78 is 41.4. The highest BCUT2D eigenvalue weighted by Crippen LogP contribution is 2.29. The minimum absolute atomic E-state index is 0.0627. The lowest BCUT2D eigenvalue weighted by atomic mass is 10.0. The molecule has 0 saturated heterocycles. The van der Waals surface area contributed by atoms with Crippen LogP contribution >= 0.6 is 15.9 Å². The van der Waals surface area contributed by atoms with Gasteiger partial charge in [-0.15, -0.1) is 0 Å². The molecular weight excluding hydrogens is 369 g/mol. The molecule has 2 rings (SSSR count). The van der Waals surface area contributed by atoms with Gasteiger partial charge in [-0.1, -0.05) is 26.0 Å². The van der Waals surface area contributed by atoms with Crippen LogP contribution in [-0.4, -0.2) is 8.42 Å². The van der Waals surface area contributed by atoms with E-state index in [-0.39, 0.29) is 4.90 Å². The molecule has 0 bridgehead atoms. The molecule has 0 saturated carbocycles. The van der Waals surface area contributed by atoms with Crippen molar-refractivity contribution in [2.24, 2.45) is 0 Å². The van der Waals surface area contributed by atoms with E-state index in [2.05, 4.69) is 34.5 Å². The van der Waals surface area contributed by atoms with Gasteiger partial charge in [0.1, 0.15) is 5.82 Å². The monoisotopic (exact) mass is 385 g/mol. The molecular formula is C16H17BrFNO2S. The van der Waals surface area contributed by atoms with Gasteiger partial charge in [0.15, 0.2) is 0 Å². The van der Waals surface area contributed by atoms with Gasteiger partial charge in [0.2, 0.25) is 0 Å². The molecule has 0 aliphatic heterocycles. The quantitative estimate of drug-likeness (QED) is 0.819. The highest BCUT2D eigenvalue weighted by atomic mass is 79.9. The summed E-state index contributed by atoms with van der Waals surface area (Å²) in [6.45, 7) is 5.74. The third kappa shape index (κ3) is 3.67. The van der Waals surface area contributed by atoms with Crippen LogP contribution < -0.4 is 4.72 Å². The molecule has 0 heterocycles. The molecule has 0 amide bonds. The van der Waals surface area contributed by atoms with Crippen LogP contribution in [0.2, 0.25) is 0 Å². The van der Waals surface area contributed by atoms with Crippen molar-refractivity contribution in [3.8, 4) is 0 Å². The van der Waals surface area contributed by atoms with Crippen LogP contribution in [0.3, 0.4) is 0 Å². The average Bonchev–Trinajstić information content (AvgIpc) is 2.43. The molecule has 0 spiro atoms. The molecule has 2 aromatic rings. The van der Waals surface area contributed by atoms with Gasteiger partial charge >= 0.3 is 0 Å². The van der Waals surface area contributed by atoms with E-state index in [9.17, 15) is 12.8 Å². The number of hydrogen-bond donors (Lipinski definition) is 1. The lowest BCUT2D eigenvalue weighted by Crippen LogP contribution is -2.15. The summed E-state index contributed by atoms with van der Waals surface area (Å²) in [5, 5.41) is 0. The van der Waals surface area contributed by atoms with Crippen molar-refractivity contribution in [2.45, 2.75) is 31.6 Å². The number of sulfonamides is 1. The standard InChI is InChI=1S/C16H17BrFNO2S/c1-10(2)12-5-7-15(14(17)8-12)19-22(20,21)16-9-13(18)6-4-11(16)3/h4-10,19H,1-3H3. The topological polar surface area (TPSA) is 46.2 Å². The van der Waals surface area contributed by atoms with Gasteiger partial charge in [-0.25, -0.2) is 12.8 Å². The highest BCUT2D eigenvalue weighted by Gasteiger charge is 2.19. The van der Waals surface area contributed by atoms with E-state index in [0.29, 0.717) is 21.6 Å². The number of anilines is 1. The maximum atomic E-state index is 13.3. The Balaban J connectivity index is 2.39. The Kier molecular flexibility index (Phi) is 4.92. The van der Waals surface area contributed by atoms with Gasteiger partial charge in [0.05, 0.1) is 10.6 Å². The molecule has 1 N–H and O–H groups in total. The Morgan fingerprint density at radius 2 is 1.82 bits per heavy atom. The smallest absolute Gasteiger partial charge is 0.262 e. The third-order valence-corrected chi connectivity index (χ3v) is 5.51. The summed E-state index contributed by atoms with van der Waals surface area (Å²) >= 11 is 3.37. The van der Waals surface area contributed by atoms with Crippen molar-refractivity contribution in [1.29, 1.82) is 0 Å². The van der Waals surface area contributed by atoms with Crippen molar-refractivity contribution in [1.82, 2.24) is 0 Å². The summed E-state index contributed by atoms with van der Waals surface area (Å²) in [6, 6.07) is 9.15. The van der Waals surface area contributed by atoms with Gasteiger partial charge in [0.25, 0.3) is 10.0 Å². The van der Waals surface area contributed by atoms with E-state index in [0.717, 1.165) is 11.6 Å². The van der Waals surface area contributed by atoms with Crippen LogP contribution in [0.5, 0.6) is 0 Å². The summed E-state index contributed by atoms with van der Waals surface area (Å²) in [5.74, 6) is -0.243. The summed E-state index contributed by atoms with van der Waals surface area (Å²) in [4.78, 5) is -0.0627. The van der Waals surface area contributed by atoms with E-state index in [1.165, 1.54) is 12.1 Å². The zero-order valence-electron chi connectivity index (χ0n) is 12.5. The van der Waals surface area contributed by atoms with Crippen LogP contribution in [0.15, 0.2) is 45.8 Å². The molecule has 118 valence electrons. The molecule has 0 radical (unpaired) electrons. The molecule has 0 atom stereocenters. The van der Waals surface area contributed by atoms with Crippen LogP contribution in [0.25, 0.3) is 0 Å². The fourth-order valence-corrected chi connectivity index (χ4v) is 4.00. The average molecular weight is 386 g/mol. The number of aryl methyl sites for hydroxylation is 1. The van der Waals surface area contributed by atoms with E-state index in [1.54, 1.807) is 13.0 Å². The first-order valence-corrected chi connectivity index (χ1v) is 9.07. The molecule has 0 unspecified atom stereocenters. The van der Waals surface area contributed by atoms with E-state index in [4.69, 9.17) is 0 Å². The van der Waals surface area contributed by atoms with Crippen LogP contribution in [0.1, 0.15) is 30.9 Å². The lowest BCUT2D eigenvalue weighted by Gasteiger charge is -2.13. The normalized spacial score (nSPS) is 11.7. The van der Waals surface area contributed by atoms with E-state index >= 15 is 0 Å². The van der Waals surface area contributed by atoms with Crippen molar-refractivity contribution in [3.63, 3.8) is 0 Å². The summed E-state index contributed by atoms with van der Waals surface area (Å²) in [6.07, 6.45) is 0. The molecule has 2 aromatic carbocycles. The highest BCUT2D eigenvalue weighted by molar-refractivity contribution is 9.10. The Morgan fingerprint density at radius 3 is 2.41 bits per heavy atom. The van der Waals surface area contributed by atoms with Crippen LogP contribution in [0, 0.1) is 12.7 Å². The van der Waals surface area contributed by atoms with Crippen molar-refractivity contribution >= 4 is 31.6 Å². The third-order valence-electron chi connectivity index (χ3n) is 3.34. The number of benzene rings is 2. The van der Waals surface area contributed by atoms with Crippen molar-refractivity contribution < 1.29 is 12.8 Å². The fraction of sp³-hybridized carbons (Fsp3) is 0.250. The molecule has 6 heteroatoms. The maximum absolute atomic E-state index is 13.3. The summed E-state index contributed by atoms with van der Waals surface area (Å²) in [5.41, 5.74) is 2.01. The molecule has 0 fully saturated rings. The predicted molar refractivity (Wildman–Crippen MR) is 90.2 cm³/mol. The predicted octanol–water partition coefficient (Wildman–Crippen LogP) is 4.82. The Labute approximate surface area is 138 Å². The Bertz CT molecular complexity index is 804. The second-order valence-electron chi connectivity index (χ2n) is 5.41. The zero-order valence-corrected chi connectivity index (χ0v) is 14.9. The molecule has 22 heavy (non-hydrogen) atoms. The van der Waals surface area contributed by atoms with Crippen molar-refractivity contribution in [2.75, 3.05) is 4.72 Å². The van der Waals surface area contributed by atoms with Gasteiger partial charge in [0, 0.05) is 4.47 Å². The number of hydrogen-bond acceptors (Lipinski definition) is 2. The van der Waals surface area contributed by atoms with Crippen LogP contribution in [-0.2, 0) is 10.0 Å². The molecule has 3 nitrogen and oxygen atoms in total. The van der Waals surface area contributed by atoms with Crippen LogP contribution in [0.4, 0.5) is 10.1 Å². The number of halogens is 2. The Morgan fingerprint density at radius 1 is 1.14 bits per heavy atom. The first-order valence-electron chi connectivity index (χ1n) is 6.79.